The molecule has 0 saturated heterocycles. The van der Waals surface area contributed by atoms with Crippen molar-refractivity contribution in [2.75, 3.05) is 13.7 Å². The van der Waals surface area contributed by atoms with Gasteiger partial charge in [-0.05, 0) is 17.7 Å². The molecule has 0 N–H and O–H groups in total. The van der Waals surface area contributed by atoms with Gasteiger partial charge in [0.25, 0.3) is 0 Å². The monoisotopic (exact) mass is 266 g/mol. The third kappa shape index (κ3) is 4.30. The molecule has 0 aromatic heterocycles. The third-order valence-electron chi connectivity index (χ3n) is 2.20. The second kappa shape index (κ2) is 6.39. The molecule has 0 aliphatic rings. The molecule has 102 valence electrons. The van der Waals surface area contributed by atoms with E-state index in [9.17, 15) is 20.0 Å². The lowest BCUT2D eigenvalue weighted by atomic mass is 10.1. The van der Waals surface area contributed by atoms with Crippen LogP contribution in [-0.2, 0) is 4.79 Å². The van der Waals surface area contributed by atoms with E-state index >= 15 is 0 Å². The summed E-state index contributed by atoms with van der Waals surface area (Å²) in [7, 11) is 1.38. The van der Waals surface area contributed by atoms with Gasteiger partial charge < -0.3 is 19.4 Å². The van der Waals surface area contributed by atoms with E-state index in [1.165, 1.54) is 32.2 Å². The highest BCUT2D eigenvalue weighted by molar-refractivity contribution is 5.66. The van der Waals surface area contributed by atoms with Gasteiger partial charge in [0.2, 0.25) is 5.70 Å². The maximum absolute atomic E-state index is 10.5. The summed E-state index contributed by atoms with van der Waals surface area (Å²) in [5, 5.41) is 20.8. The molecular formula is C12H12NO6-. The van der Waals surface area contributed by atoms with Gasteiger partial charge in [0.15, 0.2) is 11.5 Å². The zero-order valence-corrected chi connectivity index (χ0v) is 10.4. The number of carbonyl (C=O) groups is 1. The standard InChI is InChI=1S/C12H13NO6/c1-8(13(16)17)5-9-3-4-10(11(6-9)18-2)19-7-12(14)15/h3-6H,7H2,1-2H3,(H,14,15)/p-1/b8-5+. The first-order valence-corrected chi connectivity index (χ1v) is 5.27. The second-order valence-corrected chi connectivity index (χ2v) is 3.61. The smallest absolute Gasteiger partial charge is 0.243 e. The Balaban J connectivity index is 2.98. The fraction of sp³-hybridized carbons (Fsp3) is 0.250. The molecule has 0 aliphatic heterocycles. The Kier molecular flexibility index (Phi) is 4.87. The average molecular weight is 266 g/mol. The van der Waals surface area contributed by atoms with Crippen LogP contribution in [0.1, 0.15) is 12.5 Å². The Morgan fingerprint density at radius 2 is 2.11 bits per heavy atom. The van der Waals surface area contributed by atoms with Crippen molar-refractivity contribution in [1.82, 2.24) is 0 Å². The molecule has 0 spiro atoms. The van der Waals surface area contributed by atoms with Crippen molar-refractivity contribution in [2.45, 2.75) is 6.92 Å². The van der Waals surface area contributed by atoms with Crippen molar-refractivity contribution < 1.29 is 24.3 Å². The maximum Gasteiger partial charge on any atom is 0.243 e. The van der Waals surface area contributed by atoms with Gasteiger partial charge in [0.05, 0.1) is 18.0 Å². The predicted molar refractivity (Wildman–Crippen MR) is 64.1 cm³/mol. The summed E-state index contributed by atoms with van der Waals surface area (Å²) >= 11 is 0. The van der Waals surface area contributed by atoms with E-state index in [0.29, 0.717) is 5.56 Å². The summed E-state index contributed by atoms with van der Waals surface area (Å²) in [6, 6.07) is 4.54. The SMILES string of the molecule is COc1cc(/C=C(\C)[N+](=O)[O-])ccc1OCC(=O)[O-]. The molecule has 0 heterocycles. The van der Waals surface area contributed by atoms with Gasteiger partial charge in [-0.3, -0.25) is 10.1 Å². The van der Waals surface area contributed by atoms with Crippen LogP contribution in [0.15, 0.2) is 23.9 Å². The molecule has 1 aromatic carbocycles. The summed E-state index contributed by atoms with van der Waals surface area (Å²) in [6.07, 6.45) is 1.37. The van der Waals surface area contributed by atoms with Crippen LogP contribution in [0.5, 0.6) is 11.5 Å². The lowest BCUT2D eigenvalue weighted by Gasteiger charge is -2.11. The number of benzene rings is 1. The van der Waals surface area contributed by atoms with Crippen LogP contribution in [0.3, 0.4) is 0 Å². The van der Waals surface area contributed by atoms with Crippen LogP contribution < -0.4 is 14.6 Å². The van der Waals surface area contributed by atoms with Crippen LogP contribution in [0.2, 0.25) is 0 Å². The topological polar surface area (TPSA) is 102 Å². The number of ether oxygens (including phenoxy) is 2. The molecule has 0 amide bonds. The number of allylic oxidation sites excluding steroid dienone is 1. The van der Waals surface area contributed by atoms with E-state index in [1.54, 1.807) is 6.07 Å². The summed E-state index contributed by atoms with van der Waals surface area (Å²) in [5.74, 6) is -0.844. The zero-order chi connectivity index (χ0) is 14.4. The van der Waals surface area contributed by atoms with Gasteiger partial charge in [-0.2, -0.15) is 0 Å². The highest BCUT2D eigenvalue weighted by Crippen LogP contribution is 2.28. The largest absolute Gasteiger partial charge is 0.546 e. The summed E-state index contributed by atoms with van der Waals surface area (Å²) in [4.78, 5) is 20.3. The third-order valence-corrected chi connectivity index (χ3v) is 2.20. The van der Waals surface area contributed by atoms with E-state index in [-0.39, 0.29) is 17.2 Å². The number of rotatable bonds is 6. The molecule has 0 aliphatic carbocycles. The number of carboxylic acids is 1. The van der Waals surface area contributed by atoms with Crippen molar-refractivity contribution in [3.63, 3.8) is 0 Å². The van der Waals surface area contributed by atoms with Gasteiger partial charge >= 0.3 is 0 Å². The fourth-order valence-electron chi connectivity index (χ4n) is 1.32. The van der Waals surface area contributed by atoms with Crippen molar-refractivity contribution in [2.24, 2.45) is 0 Å². The maximum atomic E-state index is 10.5. The van der Waals surface area contributed by atoms with Crippen LogP contribution >= 0.6 is 0 Å². The molecule has 0 atom stereocenters. The average Bonchev–Trinajstić information content (AvgIpc) is 2.36. The molecule has 0 unspecified atom stereocenters. The highest BCUT2D eigenvalue weighted by Gasteiger charge is 2.07. The van der Waals surface area contributed by atoms with Gasteiger partial charge in [0.1, 0.15) is 6.61 Å². The fourth-order valence-corrected chi connectivity index (χ4v) is 1.32. The number of carbonyl (C=O) groups excluding carboxylic acids is 1. The molecule has 0 saturated carbocycles. The van der Waals surface area contributed by atoms with E-state index in [0.717, 1.165) is 0 Å². The predicted octanol–water partition coefficient (Wildman–Crippen LogP) is 0.461. The quantitative estimate of drug-likeness (QED) is 0.547. The Morgan fingerprint density at radius 1 is 1.42 bits per heavy atom. The zero-order valence-electron chi connectivity index (χ0n) is 10.4. The van der Waals surface area contributed by atoms with Crippen molar-refractivity contribution in [1.29, 1.82) is 0 Å². The Bertz CT molecular complexity index is 523. The van der Waals surface area contributed by atoms with E-state index < -0.39 is 17.5 Å². The minimum absolute atomic E-state index is 0.0227. The highest BCUT2D eigenvalue weighted by atomic mass is 16.6. The number of aliphatic carboxylic acids is 1. The van der Waals surface area contributed by atoms with Crippen LogP contribution in [-0.4, -0.2) is 24.6 Å². The molecule has 1 rings (SSSR count). The van der Waals surface area contributed by atoms with Crippen LogP contribution in [0.25, 0.3) is 6.08 Å². The first-order chi connectivity index (χ1) is 8.93. The summed E-state index contributed by atoms with van der Waals surface area (Å²) < 4.78 is 9.98. The molecule has 0 radical (unpaired) electrons. The number of nitrogens with zero attached hydrogens (tertiary/aromatic N) is 1. The molecule has 7 nitrogen and oxygen atoms in total. The van der Waals surface area contributed by atoms with Crippen molar-refractivity contribution in [3.8, 4) is 11.5 Å². The number of hydrogen-bond donors (Lipinski definition) is 0. The Hall–Kier alpha value is -2.57. The van der Waals surface area contributed by atoms with Gasteiger partial charge in [-0.15, -0.1) is 0 Å². The lowest BCUT2D eigenvalue weighted by molar-refractivity contribution is -0.422. The van der Waals surface area contributed by atoms with E-state index in [2.05, 4.69) is 0 Å². The number of nitro groups is 1. The molecule has 0 fully saturated rings. The van der Waals surface area contributed by atoms with Gasteiger partial charge in [0, 0.05) is 13.0 Å². The van der Waals surface area contributed by atoms with Crippen LogP contribution in [0.4, 0.5) is 0 Å². The van der Waals surface area contributed by atoms with Crippen molar-refractivity contribution >= 4 is 12.0 Å². The van der Waals surface area contributed by atoms with E-state index in [1.807, 2.05) is 0 Å². The first kappa shape index (κ1) is 14.5. The minimum Gasteiger partial charge on any atom is -0.546 e. The summed E-state index contributed by atoms with van der Waals surface area (Å²) in [6.45, 7) is 0.770. The number of hydrogen-bond acceptors (Lipinski definition) is 6. The van der Waals surface area contributed by atoms with E-state index in [4.69, 9.17) is 9.47 Å². The first-order valence-electron chi connectivity index (χ1n) is 5.27. The molecular weight excluding hydrogens is 254 g/mol. The normalized spacial score (nSPS) is 10.9. The van der Waals surface area contributed by atoms with Crippen LogP contribution in [0, 0.1) is 10.1 Å². The minimum atomic E-state index is -1.35. The number of methoxy groups -OCH3 is 1. The Morgan fingerprint density at radius 3 is 2.63 bits per heavy atom. The second-order valence-electron chi connectivity index (χ2n) is 3.61. The number of carboxylic acid groups (broad SMARTS) is 1. The molecule has 1 aromatic rings. The Labute approximate surface area is 109 Å². The summed E-state index contributed by atoms with van der Waals surface area (Å²) in [5.41, 5.74) is 0.525. The molecule has 19 heavy (non-hydrogen) atoms. The molecule has 0 bridgehead atoms. The van der Waals surface area contributed by atoms with Gasteiger partial charge in [-0.1, -0.05) is 6.07 Å². The van der Waals surface area contributed by atoms with Gasteiger partial charge in [-0.25, -0.2) is 0 Å². The van der Waals surface area contributed by atoms with Crippen molar-refractivity contribution in [3.05, 3.63) is 39.6 Å². The lowest BCUT2D eigenvalue weighted by Crippen LogP contribution is -2.29. The molecule has 7 heteroatoms.